The van der Waals surface area contributed by atoms with Gasteiger partial charge in [0.25, 0.3) is 0 Å². The van der Waals surface area contributed by atoms with Crippen LogP contribution in [0.3, 0.4) is 0 Å². The Hall–Kier alpha value is -1.03. The molecule has 0 unspecified atom stereocenters. The number of rotatable bonds is 3. The molecule has 0 fully saturated rings. The third-order valence-electron chi connectivity index (χ3n) is 0.844. The van der Waals surface area contributed by atoms with E-state index >= 15 is 0 Å². The molecule has 0 aromatic carbocycles. The zero-order chi connectivity index (χ0) is 8.91. The van der Waals surface area contributed by atoms with Crippen LogP contribution in [0.15, 0.2) is 12.7 Å². The minimum Gasteiger partial charge on any atom is -0.331 e. The molecule has 11 heavy (non-hydrogen) atoms. The number of amides is 2. The van der Waals surface area contributed by atoms with Gasteiger partial charge in [-0.15, -0.1) is 6.58 Å². The minimum absolute atomic E-state index is 0.183. The van der Waals surface area contributed by atoms with Crippen molar-refractivity contribution in [3.05, 3.63) is 12.7 Å². The number of urea groups is 1. The van der Waals surface area contributed by atoms with Gasteiger partial charge in [0.15, 0.2) is 0 Å². The first-order chi connectivity index (χ1) is 4.95. The van der Waals surface area contributed by atoms with Gasteiger partial charge in [-0.05, 0) is 0 Å². The smallest absolute Gasteiger partial charge is 0.331 e. The molecule has 0 saturated heterocycles. The monoisotopic (exact) mass is 158 g/mol. The molecule has 2 amide bonds. The van der Waals surface area contributed by atoms with Crippen LogP contribution in [0.2, 0.25) is 0 Å². The summed E-state index contributed by atoms with van der Waals surface area (Å²) in [4.78, 5) is 10.9. The van der Waals surface area contributed by atoms with Gasteiger partial charge in [0.1, 0.15) is 0 Å². The van der Waals surface area contributed by atoms with E-state index in [-0.39, 0.29) is 6.03 Å². The fourth-order valence-electron chi connectivity index (χ4n) is 0.509. The highest BCUT2D eigenvalue weighted by atomic mass is 16.2. The van der Waals surface area contributed by atoms with Crippen LogP contribution < -0.4 is 10.7 Å². The summed E-state index contributed by atoms with van der Waals surface area (Å²) >= 11 is 0. The first kappa shape index (κ1) is 9.97. The molecule has 64 valence electrons. The molecule has 0 rings (SSSR count). The number of hydrogen-bond acceptors (Lipinski definition) is 1. The molecule has 0 heterocycles. The number of carbonyl (C=O) groups is 1. The Morgan fingerprint density at radius 3 is 2.45 bits per heavy atom. The Balaban J connectivity index is 3.61. The summed E-state index contributed by atoms with van der Waals surface area (Å²) in [5.74, 6) is 0. The van der Waals surface area contributed by atoms with E-state index in [0.29, 0.717) is 11.1 Å². The van der Waals surface area contributed by atoms with E-state index in [0.717, 1.165) is 0 Å². The summed E-state index contributed by atoms with van der Waals surface area (Å²) in [6.45, 7) is 3.97. The number of carbonyl (C=O) groups excluding carboxylic acids is 1. The van der Waals surface area contributed by atoms with Gasteiger partial charge in [0, 0.05) is 6.54 Å². The summed E-state index contributed by atoms with van der Waals surface area (Å²) in [6.07, 6.45) is 1.63. The van der Waals surface area contributed by atoms with Crippen LogP contribution in [0.4, 0.5) is 4.79 Å². The highest BCUT2D eigenvalue weighted by Gasteiger charge is 2.10. The Bertz CT molecular complexity index is 148. The van der Waals surface area contributed by atoms with Crippen molar-refractivity contribution in [3.8, 4) is 0 Å². The van der Waals surface area contributed by atoms with Crippen LogP contribution in [-0.4, -0.2) is 38.3 Å². The van der Waals surface area contributed by atoms with Crippen LogP contribution >= 0.6 is 0 Å². The first-order valence-electron chi connectivity index (χ1n) is 3.44. The van der Waals surface area contributed by atoms with Gasteiger partial charge in [-0.2, -0.15) is 5.43 Å². The van der Waals surface area contributed by atoms with Gasteiger partial charge in [-0.1, -0.05) is 6.08 Å². The Morgan fingerprint density at radius 2 is 2.09 bits per heavy atom. The van der Waals surface area contributed by atoms with Gasteiger partial charge in [0.2, 0.25) is 0 Å². The number of nitrogens with one attached hydrogen (secondary N) is 2. The van der Waals surface area contributed by atoms with Crippen LogP contribution in [0.25, 0.3) is 0 Å². The molecule has 4 nitrogen and oxygen atoms in total. The maximum Gasteiger partial charge on any atom is 0.359 e. The quantitative estimate of drug-likeness (QED) is 0.341. The summed E-state index contributed by atoms with van der Waals surface area (Å²) in [5, 5.41) is 2.61. The lowest BCUT2D eigenvalue weighted by atomic mass is 10.6. The van der Waals surface area contributed by atoms with Crippen molar-refractivity contribution in [3.63, 3.8) is 0 Å². The molecule has 0 aliphatic carbocycles. The molecule has 0 radical (unpaired) electrons. The highest BCUT2D eigenvalue weighted by Crippen LogP contribution is 1.80. The van der Waals surface area contributed by atoms with Crippen molar-refractivity contribution in [1.29, 1.82) is 0 Å². The molecular formula is C7H16N3O+. The second-order valence-corrected chi connectivity index (χ2v) is 3.12. The highest BCUT2D eigenvalue weighted by molar-refractivity contribution is 5.72. The topological polar surface area (TPSA) is 41.1 Å². The van der Waals surface area contributed by atoms with E-state index in [1.54, 1.807) is 6.08 Å². The Kier molecular flexibility index (Phi) is 3.60. The van der Waals surface area contributed by atoms with Gasteiger partial charge in [-0.25, -0.2) is 9.39 Å². The van der Waals surface area contributed by atoms with Crippen LogP contribution in [0, 0.1) is 0 Å². The average Bonchev–Trinajstić information content (AvgIpc) is 1.79. The molecule has 0 aromatic heterocycles. The molecule has 4 heteroatoms. The lowest BCUT2D eigenvalue weighted by molar-refractivity contribution is -0.905. The van der Waals surface area contributed by atoms with E-state index in [9.17, 15) is 4.79 Å². The maximum atomic E-state index is 10.9. The van der Waals surface area contributed by atoms with E-state index in [1.807, 2.05) is 21.1 Å². The molecule has 0 spiro atoms. The molecule has 0 bridgehead atoms. The second-order valence-electron chi connectivity index (χ2n) is 3.12. The van der Waals surface area contributed by atoms with Gasteiger partial charge in [-0.3, -0.25) is 0 Å². The molecule has 2 N–H and O–H groups in total. The fourth-order valence-corrected chi connectivity index (χ4v) is 0.509. The number of nitrogens with zero attached hydrogens (tertiary/aromatic N) is 1. The molecular weight excluding hydrogens is 142 g/mol. The molecule has 0 atom stereocenters. The lowest BCUT2D eigenvalue weighted by Crippen LogP contribution is -2.54. The molecule has 0 aliphatic rings. The third-order valence-corrected chi connectivity index (χ3v) is 0.844. The normalized spacial score (nSPS) is 10.5. The van der Waals surface area contributed by atoms with E-state index in [4.69, 9.17) is 0 Å². The summed E-state index contributed by atoms with van der Waals surface area (Å²) in [7, 11) is 5.61. The molecule has 0 saturated carbocycles. The summed E-state index contributed by atoms with van der Waals surface area (Å²) < 4.78 is 0.406. The Morgan fingerprint density at radius 1 is 1.55 bits per heavy atom. The third kappa shape index (κ3) is 6.86. The SMILES string of the molecule is C=CCNC(=O)N[N+](C)(C)C. The minimum atomic E-state index is -0.183. The Labute approximate surface area is 67.4 Å². The lowest BCUT2D eigenvalue weighted by Gasteiger charge is -2.23. The zero-order valence-corrected chi connectivity index (χ0v) is 7.35. The predicted molar refractivity (Wildman–Crippen MR) is 44.8 cm³/mol. The number of hydrogen-bond donors (Lipinski definition) is 2. The van der Waals surface area contributed by atoms with E-state index in [2.05, 4.69) is 17.3 Å². The van der Waals surface area contributed by atoms with Crippen molar-refractivity contribution < 1.29 is 9.39 Å². The largest absolute Gasteiger partial charge is 0.359 e. The van der Waals surface area contributed by atoms with Crippen LogP contribution in [-0.2, 0) is 0 Å². The molecule has 0 aromatic rings. The van der Waals surface area contributed by atoms with Crippen molar-refractivity contribution in [1.82, 2.24) is 10.7 Å². The van der Waals surface area contributed by atoms with Crippen LogP contribution in [0.5, 0.6) is 0 Å². The average molecular weight is 158 g/mol. The zero-order valence-electron chi connectivity index (χ0n) is 7.35. The number of quaternary nitrogens is 1. The van der Waals surface area contributed by atoms with Crippen molar-refractivity contribution in [2.75, 3.05) is 27.7 Å². The van der Waals surface area contributed by atoms with Crippen molar-refractivity contribution >= 4 is 6.03 Å². The van der Waals surface area contributed by atoms with Gasteiger partial charge in [0.05, 0.1) is 21.1 Å². The standard InChI is InChI=1S/C7H15N3O/c1-5-6-8-7(11)9-10(2,3)4/h5H,1,6H2,2-4H3,(H-,8,9,11)/p+1. The van der Waals surface area contributed by atoms with E-state index < -0.39 is 0 Å². The molecule has 0 aliphatic heterocycles. The first-order valence-corrected chi connectivity index (χ1v) is 3.44. The summed E-state index contributed by atoms with van der Waals surface area (Å²) in [5.41, 5.74) is 2.69. The van der Waals surface area contributed by atoms with Crippen LogP contribution in [0.1, 0.15) is 0 Å². The van der Waals surface area contributed by atoms with Gasteiger partial charge < -0.3 is 5.32 Å². The summed E-state index contributed by atoms with van der Waals surface area (Å²) in [6, 6.07) is -0.183. The predicted octanol–water partition coefficient (Wildman–Crippen LogP) is 0.0928. The fraction of sp³-hybridized carbons (Fsp3) is 0.571. The van der Waals surface area contributed by atoms with E-state index in [1.165, 1.54) is 0 Å². The van der Waals surface area contributed by atoms with Crippen molar-refractivity contribution in [2.45, 2.75) is 0 Å². The van der Waals surface area contributed by atoms with Gasteiger partial charge >= 0.3 is 6.03 Å². The van der Waals surface area contributed by atoms with Crippen molar-refractivity contribution in [2.24, 2.45) is 0 Å². The second kappa shape index (κ2) is 3.98. The maximum absolute atomic E-state index is 10.9.